The number of aromatic nitrogens is 4. The first kappa shape index (κ1) is 29.5. The van der Waals surface area contributed by atoms with Crippen LogP contribution in [0.15, 0.2) is 182 Å². The van der Waals surface area contributed by atoms with Crippen molar-refractivity contribution >= 4 is 32.6 Å². The van der Waals surface area contributed by atoms with Gasteiger partial charge in [-0.25, -0.2) is 15.0 Å². The molecule has 0 saturated heterocycles. The first-order valence-electron chi connectivity index (χ1n) is 18.0. The van der Waals surface area contributed by atoms with Crippen LogP contribution < -0.4 is 0 Å². The van der Waals surface area contributed by atoms with Crippen LogP contribution in [-0.4, -0.2) is 19.5 Å². The third-order valence-electron chi connectivity index (χ3n) is 10.5. The highest BCUT2D eigenvalue weighted by atomic mass is 15.0. The molecule has 1 aliphatic carbocycles. The van der Waals surface area contributed by atoms with Gasteiger partial charge in [-0.05, 0) is 80.6 Å². The van der Waals surface area contributed by atoms with Crippen LogP contribution in [0.3, 0.4) is 0 Å². The van der Waals surface area contributed by atoms with Crippen LogP contribution in [0.4, 0.5) is 0 Å². The Balaban J connectivity index is 1.17. The van der Waals surface area contributed by atoms with E-state index in [1.165, 1.54) is 66.0 Å². The van der Waals surface area contributed by atoms with Gasteiger partial charge < -0.3 is 4.57 Å². The number of fused-ring (bicyclic) bond motifs is 3. The maximum atomic E-state index is 5.05. The first-order valence-corrected chi connectivity index (χ1v) is 18.0. The Bertz CT molecular complexity index is 2980. The van der Waals surface area contributed by atoms with Crippen molar-refractivity contribution in [3.63, 3.8) is 0 Å². The molecule has 0 fully saturated rings. The van der Waals surface area contributed by atoms with E-state index in [9.17, 15) is 0 Å². The molecule has 2 aromatic heterocycles. The van der Waals surface area contributed by atoms with Crippen molar-refractivity contribution in [3.8, 4) is 73.2 Å². The number of nitrogens with zero attached hydrogens (tertiary/aromatic N) is 4. The van der Waals surface area contributed by atoms with E-state index in [1.807, 2.05) is 60.7 Å². The van der Waals surface area contributed by atoms with Crippen LogP contribution >= 0.6 is 0 Å². The van der Waals surface area contributed by atoms with Gasteiger partial charge in [-0.15, -0.1) is 0 Å². The van der Waals surface area contributed by atoms with Gasteiger partial charge in [0.2, 0.25) is 0 Å². The summed E-state index contributed by atoms with van der Waals surface area (Å²) in [5, 5.41) is 5.08. The highest BCUT2D eigenvalue weighted by Gasteiger charge is 2.25. The highest BCUT2D eigenvalue weighted by molar-refractivity contribution is 6.30. The molecule has 4 heteroatoms. The van der Waals surface area contributed by atoms with Crippen LogP contribution in [0.2, 0.25) is 0 Å². The van der Waals surface area contributed by atoms with Gasteiger partial charge in [-0.2, -0.15) is 0 Å². The molecule has 1 aliphatic rings. The van der Waals surface area contributed by atoms with Crippen molar-refractivity contribution in [2.75, 3.05) is 0 Å². The Morgan fingerprint density at radius 2 is 0.830 bits per heavy atom. The maximum Gasteiger partial charge on any atom is 0.164 e. The molecule has 0 amide bonds. The largest absolute Gasteiger partial charge is 0.309 e. The molecule has 2 heterocycles. The van der Waals surface area contributed by atoms with Gasteiger partial charge in [0.1, 0.15) is 0 Å². The maximum absolute atomic E-state index is 5.05. The Hall–Kier alpha value is -7.17. The molecule has 10 aromatic rings. The van der Waals surface area contributed by atoms with E-state index in [0.717, 1.165) is 22.4 Å². The second kappa shape index (κ2) is 11.7. The minimum atomic E-state index is 0.636. The van der Waals surface area contributed by atoms with E-state index in [2.05, 4.69) is 126 Å². The molecule has 4 nitrogen and oxygen atoms in total. The van der Waals surface area contributed by atoms with E-state index in [1.54, 1.807) is 0 Å². The van der Waals surface area contributed by atoms with Gasteiger partial charge in [-0.3, -0.25) is 0 Å². The first-order chi connectivity index (χ1) is 26.3. The minimum Gasteiger partial charge on any atom is -0.309 e. The molecule has 11 rings (SSSR count). The summed E-state index contributed by atoms with van der Waals surface area (Å²) < 4.78 is 2.41. The lowest BCUT2D eigenvalue weighted by Gasteiger charge is -2.16. The van der Waals surface area contributed by atoms with Gasteiger partial charge in [0.25, 0.3) is 0 Å². The summed E-state index contributed by atoms with van der Waals surface area (Å²) in [6, 6.07) is 64.5. The van der Waals surface area contributed by atoms with Crippen molar-refractivity contribution in [1.82, 2.24) is 19.5 Å². The molecule has 0 saturated carbocycles. The third-order valence-corrected chi connectivity index (χ3v) is 10.5. The van der Waals surface area contributed by atoms with E-state index in [0.29, 0.717) is 17.5 Å². The van der Waals surface area contributed by atoms with Gasteiger partial charge in [0, 0.05) is 33.2 Å². The molecule has 8 aromatic carbocycles. The van der Waals surface area contributed by atoms with Crippen LogP contribution in [0.1, 0.15) is 0 Å². The number of rotatable bonds is 5. The Morgan fingerprint density at radius 1 is 0.302 bits per heavy atom. The smallest absolute Gasteiger partial charge is 0.164 e. The molecule has 0 bridgehead atoms. The van der Waals surface area contributed by atoms with Gasteiger partial charge in [0.05, 0.1) is 11.0 Å². The molecule has 53 heavy (non-hydrogen) atoms. The Labute approximate surface area is 306 Å². The quantitative estimate of drug-likeness (QED) is 0.182. The fourth-order valence-corrected chi connectivity index (χ4v) is 8.20. The van der Waals surface area contributed by atoms with Gasteiger partial charge >= 0.3 is 0 Å². The SMILES string of the molecule is c1ccc(-c2cc3c4c(ccc5c4c4c(cccc4n5-c4cccc(-c5nc(-c6ccccc6)nc(-c6ccccc6)n5)c4)-c4ccccc4-3)c2)cc1. The Morgan fingerprint density at radius 3 is 1.51 bits per heavy atom. The van der Waals surface area contributed by atoms with Crippen molar-refractivity contribution < 1.29 is 0 Å². The van der Waals surface area contributed by atoms with Gasteiger partial charge in [0.15, 0.2) is 17.5 Å². The molecule has 246 valence electrons. The van der Waals surface area contributed by atoms with Crippen LogP contribution in [0.25, 0.3) is 106 Å². The van der Waals surface area contributed by atoms with Crippen molar-refractivity contribution in [3.05, 3.63) is 182 Å². The predicted molar refractivity (Wildman–Crippen MR) is 218 cm³/mol. The summed E-state index contributed by atoms with van der Waals surface area (Å²) in [4.78, 5) is 15.0. The van der Waals surface area contributed by atoms with Crippen LogP contribution in [0, 0.1) is 0 Å². The third kappa shape index (κ3) is 4.66. The van der Waals surface area contributed by atoms with Crippen molar-refractivity contribution in [2.24, 2.45) is 0 Å². The predicted octanol–water partition coefficient (Wildman–Crippen LogP) is 12.4. The molecule has 0 spiro atoms. The van der Waals surface area contributed by atoms with E-state index >= 15 is 0 Å². The molecule has 0 atom stereocenters. The monoisotopic (exact) mass is 674 g/mol. The molecule has 0 aliphatic heterocycles. The zero-order valence-electron chi connectivity index (χ0n) is 28.6. The van der Waals surface area contributed by atoms with E-state index in [4.69, 9.17) is 15.0 Å². The fraction of sp³-hybridized carbons (Fsp3) is 0. The second-order valence-corrected chi connectivity index (χ2v) is 13.6. The minimum absolute atomic E-state index is 0.636. The molecular formula is C49H30N4. The molecular weight excluding hydrogens is 645 g/mol. The normalized spacial score (nSPS) is 11.8. The lowest BCUT2D eigenvalue weighted by molar-refractivity contribution is 1.07. The van der Waals surface area contributed by atoms with Crippen molar-refractivity contribution in [1.29, 1.82) is 0 Å². The van der Waals surface area contributed by atoms with E-state index in [-0.39, 0.29) is 0 Å². The fourth-order valence-electron chi connectivity index (χ4n) is 8.20. The van der Waals surface area contributed by atoms with Crippen molar-refractivity contribution in [2.45, 2.75) is 0 Å². The molecule has 0 unspecified atom stereocenters. The lowest BCUT2D eigenvalue weighted by Crippen LogP contribution is -2.01. The van der Waals surface area contributed by atoms with Gasteiger partial charge in [-0.1, -0.05) is 146 Å². The van der Waals surface area contributed by atoms with Crippen LogP contribution in [0.5, 0.6) is 0 Å². The zero-order valence-corrected chi connectivity index (χ0v) is 28.6. The summed E-state index contributed by atoms with van der Waals surface area (Å²) >= 11 is 0. The summed E-state index contributed by atoms with van der Waals surface area (Å²) in [5.41, 5.74) is 13.7. The highest BCUT2D eigenvalue weighted by Crippen LogP contribution is 2.50. The zero-order chi connectivity index (χ0) is 34.9. The summed E-state index contributed by atoms with van der Waals surface area (Å²) in [5.74, 6) is 1.93. The van der Waals surface area contributed by atoms with E-state index < -0.39 is 0 Å². The summed E-state index contributed by atoms with van der Waals surface area (Å²) in [6.45, 7) is 0. The van der Waals surface area contributed by atoms with Crippen LogP contribution in [-0.2, 0) is 0 Å². The number of benzene rings is 8. The number of hydrogen-bond donors (Lipinski definition) is 0. The summed E-state index contributed by atoms with van der Waals surface area (Å²) in [7, 11) is 0. The topological polar surface area (TPSA) is 43.6 Å². The standard InChI is InChI=1S/C49H30N4/c1-4-14-31(15-5-1)36-28-34-26-27-43-46-44(34)41(30-36)39-23-11-10-22-38(39)40-24-13-25-42(45(40)46)53(43)37-21-12-20-35(29-37)49-51-47(32-16-6-2-7-17-32)50-48(52-49)33-18-8-3-9-19-33/h1-30H. The molecule has 0 N–H and O–H groups in total. The average Bonchev–Trinajstić information content (AvgIpc) is 3.52. The number of hydrogen-bond acceptors (Lipinski definition) is 3. The Kier molecular flexibility index (Phi) is 6.52. The molecule has 0 radical (unpaired) electrons. The lowest BCUT2D eigenvalue weighted by atomic mass is 9.90. The second-order valence-electron chi connectivity index (χ2n) is 13.6. The average molecular weight is 675 g/mol. The summed E-state index contributed by atoms with van der Waals surface area (Å²) in [6.07, 6.45) is 0.